The van der Waals surface area contributed by atoms with Crippen molar-refractivity contribution in [1.82, 2.24) is 20.2 Å². The van der Waals surface area contributed by atoms with E-state index in [0.29, 0.717) is 12.5 Å². The first-order valence-corrected chi connectivity index (χ1v) is 9.24. The molecule has 3 N–H and O–H groups in total. The molecule has 2 rings (SSSR count). The van der Waals surface area contributed by atoms with E-state index in [9.17, 15) is 8.42 Å². The Morgan fingerprint density at radius 2 is 2.10 bits per heavy atom. The summed E-state index contributed by atoms with van der Waals surface area (Å²) < 4.78 is 27.7. The van der Waals surface area contributed by atoms with Gasteiger partial charge in [0.1, 0.15) is 0 Å². The summed E-state index contributed by atoms with van der Waals surface area (Å²) >= 11 is 0. The molecule has 0 bridgehead atoms. The Bertz CT molecular complexity index is 568. The number of aromatic nitrogens is 2. The summed E-state index contributed by atoms with van der Waals surface area (Å²) in [4.78, 5) is 0. The number of nitrogens with one attached hydrogen (secondary N) is 3. The van der Waals surface area contributed by atoms with Crippen molar-refractivity contribution in [2.75, 3.05) is 6.54 Å². The number of H-pyrrole nitrogens is 1. The van der Waals surface area contributed by atoms with E-state index in [2.05, 4.69) is 34.1 Å². The Kier molecular flexibility index (Phi) is 5.40. The van der Waals surface area contributed by atoms with Gasteiger partial charge >= 0.3 is 0 Å². The lowest BCUT2D eigenvalue weighted by Crippen LogP contribution is -2.29. The molecule has 1 aliphatic carbocycles. The molecule has 0 aliphatic heterocycles. The van der Waals surface area contributed by atoms with E-state index in [1.165, 1.54) is 0 Å². The van der Waals surface area contributed by atoms with Crippen molar-refractivity contribution >= 4 is 10.0 Å². The van der Waals surface area contributed by atoms with Gasteiger partial charge in [-0.2, -0.15) is 5.10 Å². The number of hydrogen-bond acceptors (Lipinski definition) is 4. The third-order valence-electron chi connectivity index (χ3n) is 3.91. The Labute approximate surface area is 127 Å². The van der Waals surface area contributed by atoms with Gasteiger partial charge < -0.3 is 5.32 Å². The van der Waals surface area contributed by atoms with Crippen LogP contribution in [0.2, 0.25) is 0 Å². The molecule has 0 radical (unpaired) electrons. The molecule has 1 fully saturated rings. The van der Waals surface area contributed by atoms with Gasteiger partial charge in [0.15, 0.2) is 5.03 Å². The summed E-state index contributed by atoms with van der Waals surface area (Å²) in [5, 5.41) is 10.2. The van der Waals surface area contributed by atoms with Crippen LogP contribution in [0.3, 0.4) is 0 Å². The van der Waals surface area contributed by atoms with Gasteiger partial charge in [0.2, 0.25) is 0 Å². The van der Waals surface area contributed by atoms with Gasteiger partial charge in [-0.15, -0.1) is 0 Å². The third kappa shape index (κ3) is 4.05. The van der Waals surface area contributed by atoms with Gasteiger partial charge in [-0.25, -0.2) is 13.1 Å². The Morgan fingerprint density at radius 3 is 2.76 bits per heavy atom. The fourth-order valence-electron chi connectivity index (χ4n) is 2.59. The van der Waals surface area contributed by atoms with Gasteiger partial charge in [0, 0.05) is 23.8 Å². The first-order chi connectivity index (χ1) is 9.99. The zero-order chi connectivity index (χ0) is 15.5. The predicted molar refractivity (Wildman–Crippen MR) is 82.4 cm³/mol. The van der Waals surface area contributed by atoms with Gasteiger partial charge in [-0.3, -0.25) is 5.10 Å². The molecule has 21 heavy (non-hydrogen) atoms. The van der Waals surface area contributed by atoms with Crippen molar-refractivity contribution < 1.29 is 8.42 Å². The quantitative estimate of drug-likeness (QED) is 0.605. The summed E-state index contributed by atoms with van der Waals surface area (Å²) in [6.45, 7) is 7.44. The second-order valence-corrected chi connectivity index (χ2v) is 7.45. The minimum atomic E-state index is -3.53. The minimum Gasteiger partial charge on any atom is -0.313 e. The Balaban J connectivity index is 2.06. The van der Waals surface area contributed by atoms with Gasteiger partial charge in [0.25, 0.3) is 10.0 Å². The molecule has 1 aromatic heterocycles. The molecule has 1 heterocycles. The largest absolute Gasteiger partial charge is 0.313 e. The zero-order valence-electron chi connectivity index (χ0n) is 13.1. The smallest absolute Gasteiger partial charge is 0.260 e. The number of rotatable bonds is 9. The molecule has 0 saturated heterocycles. The summed E-state index contributed by atoms with van der Waals surface area (Å²) in [6, 6.07) is 0.0865. The van der Waals surface area contributed by atoms with Gasteiger partial charge in [0.05, 0.1) is 0 Å². The van der Waals surface area contributed by atoms with E-state index in [0.717, 1.165) is 43.5 Å². The van der Waals surface area contributed by atoms with Gasteiger partial charge in [-0.05, 0) is 38.6 Å². The Morgan fingerprint density at radius 1 is 1.33 bits per heavy atom. The standard InChI is InChI=1S/C14H26N4O2S/c1-4-6-11-8-13(11)18-21(19,20)14-12(9-15-7-5-2)10(3)16-17-14/h11,13,15,18H,4-9H2,1-3H3,(H,16,17). The summed E-state index contributed by atoms with van der Waals surface area (Å²) in [5.74, 6) is 0.492. The highest BCUT2D eigenvalue weighted by Gasteiger charge is 2.40. The highest BCUT2D eigenvalue weighted by Crippen LogP contribution is 2.35. The van der Waals surface area contributed by atoms with Gasteiger partial charge in [-0.1, -0.05) is 20.3 Å². The maximum absolute atomic E-state index is 12.5. The first-order valence-electron chi connectivity index (χ1n) is 7.76. The van der Waals surface area contributed by atoms with E-state index in [4.69, 9.17) is 0 Å². The summed E-state index contributed by atoms with van der Waals surface area (Å²) in [5.41, 5.74) is 1.54. The molecule has 2 unspecified atom stereocenters. The highest BCUT2D eigenvalue weighted by atomic mass is 32.2. The topological polar surface area (TPSA) is 86.9 Å². The maximum Gasteiger partial charge on any atom is 0.260 e. The number of aryl methyl sites for hydroxylation is 1. The van der Waals surface area contributed by atoms with Crippen LogP contribution < -0.4 is 10.0 Å². The fourth-order valence-corrected chi connectivity index (χ4v) is 4.10. The molecule has 120 valence electrons. The highest BCUT2D eigenvalue weighted by molar-refractivity contribution is 7.89. The van der Waals surface area contributed by atoms with Crippen LogP contribution in [0.25, 0.3) is 0 Å². The maximum atomic E-state index is 12.5. The second kappa shape index (κ2) is 6.89. The van der Waals surface area contributed by atoms with Crippen molar-refractivity contribution in [2.24, 2.45) is 5.92 Å². The molecule has 0 amide bonds. The number of hydrogen-bond donors (Lipinski definition) is 3. The molecule has 0 aromatic carbocycles. The van der Waals surface area contributed by atoms with E-state index in [1.54, 1.807) is 0 Å². The van der Waals surface area contributed by atoms with Crippen molar-refractivity contribution in [3.05, 3.63) is 11.3 Å². The van der Waals surface area contributed by atoms with Crippen LogP contribution in [0.4, 0.5) is 0 Å². The lowest BCUT2D eigenvalue weighted by atomic mass is 10.2. The van der Waals surface area contributed by atoms with Crippen LogP contribution in [0, 0.1) is 12.8 Å². The lowest BCUT2D eigenvalue weighted by molar-refractivity contribution is 0.566. The molecule has 7 heteroatoms. The van der Waals surface area contributed by atoms with Crippen molar-refractivity contribution in [2.45, 2.75) is 64.1 Å². The van der Waals surface area contributed by atoms with Crippen LogP contribution in [0.15, 0.2) is 5.03 Å². The predicted octanol–water partition coefficient (Wildman–Crippen LogP) is 1.68. The summed E-state index contributed by atoms with van der Waals surface area (Å²) in [6.07, 6.45) is 4.13. The number of nitrogens with zero attached hydrogens (tertiary/aromatic N) is 1. The van der Waals surface area contributed by atoms with E-state index in [-0.39, 0.29) is 11.1 Å². The molecule has 0 spiro atoms. The zero-order valence-corrected chi connectivity index (χ0v) is 13.9. The molecule has 1 saturated carbocycles. The SMILES string of the molecule is CCCNCc1c(S(=O)(=O)NC2CC2CCC)n[nH]c1C. The third-order valence-corrected chi connectivity index (χ3v) is 5.37. The molecule has 2 atom stereocenters. The van der Waals surface area contributed by atoms with E-state index in [1.807, 2.05) is 6.92 Å². The molecule has 6 nitrogen and oxygen atoms in total. The van der Waals surface area contributed by atoms with E-state index < -0.39 is 10.0 Å². The molecular weight excluding hydrogens is 288 g/mol. The minimum absolute atomic E-state index is 0.0865. The number of sulfonamides is 1. The van der Waals surface area contributed by atoms with Crippen molar-refractivity contribution in [3.63, 3.8) is 0 Å². The average molecular weight is 314 g/mol. The summed E-state index contributed by atoms with van der Waals surface area (Å²) in [7, 11) is -3.53. The van der Waals surface area contributed by atoms with Crippen LogP contribution >= 0.6 is 0 Å². The lowest BCUT2D eigenvalue weighted by Gasteiger charge is -2.08. The van der Waals surface area contributed by atoms with Crippen LogP contribution in [0.1, 0.15) is 50.8 Å². The van der Waals surface area contributed by atoms with Crippen LogP contribution in [-0.2, 0) is 16.6 Å². The average Bonchev–Trinajstić information content (AvgIpc) is 3.01. The van der Waals surface area contributed by atoms with Crippen molar-refractivity contribution in [1.29, 1.82) is 0 Å². The second-order valence-electron chi connectivity index (χ2n) is 5.82. The fraction of sp³-hybridized carbons (Fsp3) is 0.786. The van der Waals surface area contributed by atoms with Crippen LogP contribution in [0.5, 0.6) is 0 Å². The monoisotopic (exact) mass is 314 g/mol. The van der Waals surface area contributed by atoms with E-state index >= 15 is 0 Å². The molecule has 1 aromatic rings. The van der Waals surface area contributed by atoms with Crippen LogP contribution in [-0.4, -0.2) is 31.2 Å². The van der Waals surface area contributed by atoms with Crippen molar-refractivity contribution in [3.8, 4) is 0 Å². The Hall–Kier alpha value is -0.920. The normalized spacial score (nSPS) is 21.7. The molecular formula is C14H26N4O2S. The first kappa shape index (κ1) is 16.5. The molecule has 1 aliphatic rings. The number of aromatic amines is 1.